The lowest BCUT2D eigenvalue weighted by Gasteiger charge is -2.24. The summed E-state index contributed by atoms with van der Waals surface area (Å²) in [6.07, 6.45) is 0. The van der Waals surface area contributed by atoms with Crippen molar-refractivity contribution in [2.45, 2.75) is 25.6 Å². The molecular weight excluding hydrogens is 476 g/mol. The molecule has 0 bridgehead atoms. The molecule has 1 aliphatic heterocycles. The van der Waals surface area contributed by atoms with Crippen LogP contribution in [0.1, 0.15) is 18.1 Å². The number of amides is 4. The summed E-state index contributed by atoms with van der Waals surface area (Å²) >= 11 is 3.39. The summed E-state index contributed by atoms with van der Waals surface area (Å²) in [4.78, 5) is 40.3. The number of alkyl halides is 2. The van der Waals surface area contributed by atoms with Crippen molar-refractivity contribution >= 4 is 33.8 Å². The number of hydrogen-bond acceptors (Lipinski definition) is 4. The maximum atomic E-state index is 13.0. The van der Waals surface area contributed by atoms with E-state index < -0.39 is 36.5 Å². The number of hydrogen-bond donors (Lipinski definition) is 1. The monoisotopic (exact) mass is 495 g/mol. The highest BCUT2D eigenvalue weighted by Crippen LogP contribution is 2.33. The van der Waals surface area contributed by atoms with E-state index in [1.807, 2.05) is 0 Å². The fraction of sp³-hybridized carbons (Fsp3) is 0.286. The average molecular weight is 496 g/mol. The van der Waals surface area contributed by atoms with Crippen LogP contribution in [0.5, 0.6) is 5.75 Å². The third-order valence-corrected chi connectivity index (χ3v) is 5.67. The minimum Gasteiger partial charge on any atom is -0.435 e. The molecule has 0 radical (unpaired) electrons. The van der Waals surface area contributed by atoms with E-state index in [1.165, 1.54) is 24.1 Å². The Morgan fingerprint density at radius 1 is 1.19 bits per heavy atom. The van der Waals surface area contributed by atoms with Gasteiger partial charge >= 0.3 is 12.6 Å². The smallest absolute Gasteiger partial charge is 0.387 e. The number of ether oxygens (including phenoxy) is 1. The summed E-state index contributed by atoms with van der Waals surface area (Å²) in [7, 11) is 1.53. The van der Waals surface area contributed by atoms with E-state index in [2.05, 4.69) is 26.0 Å². The normalized spacial score (nSPS) is 18.3. The quantitative estimate of drug-likeness (QED) is 0.596. The predicted octanol–water partition coefficient (Wildman–Crippen LogP) is 3.48. The Balaban J connectivity index is 1.66. The van der Waals surface area contributed by atoms with Crippen LogP contribution in [0.3, 0.4) is 0 Å². The topological polar surface area (TPSA) is 79.0 Å². The van der Waals surface area contributed by atoms with Crippen molar-refractivity contribution in [2.24, 2.45) is 0 Å². The second kappa shape index (κ2) is 9.01. The van der Waals surface area contributed by atoms with E-state index in [0.717, 1.165) is 4.90 Å². The van der Waals surface area contributed by atoms with E-state index >= 15 is 0 Å². The van der Waals surface area contributed by atoms with Crippen LogP contribution in [0.25, 0.3) is 0 Å². The lowest BCUT2D eigenvalue weighted by molar-refractivity contribution is -0.138. The summed E-state index contributed by atoms with van der Waals surface area (Å²) in [6, 6.07) is 12.2. The van der Waals surface area contributed by atoms with Gasteiger partial charge in [0.05, 0.1) is 0 Å². The number of carbonyl (C=O) groups excluding carboxylic acids is 3. The van der Waals surface area contributed by atoms with Crippen molar-refractivity contribution in [2.75, 3.05) is 13.6 Å². The van der Waals surface area contributed by atoms with Crippen LogP contribution in [-0.4, -0.2) is 47.8 Å². The largest absolute Gasteiger partial charge is 0.435 e. The number of rotatable bonds is 7. The highest BCUT2D eigenvalue weighted by molar-refractivity contribution is 9.10. The zero-order valence-electron chi connectivity index (χ0n) is 16.8. The van der Waals surface area contributed by atoms with E-state index in [9.17, 15) is 23.2 Å². The molecule has 0 unspecified atom stereocenters. The molecule has 0 aliphatic carbocycles. The van der Waals surface area contributed by atoms with Gasteiger partial charge in [0.2, 0.25) is 5.91 Å². The molecule has 0 spiro atoms. The Hall–Kier alpha value is -3.01. The molecule has 2 aromatic carbocycles. The molecular formula is C21H20BrF2N3O4. The van der Waals surface area contributed by atoms with Crippen molar-refractivity contribution < 1.29 is 27.9 Å². The summed E-state index contributed by atoms with van der Waals surface area (Å²) in [5.41, 5.74) is -0.0354. The standard InChI is InChI=1S/C21H20BrF2N3O4/c1-21(15-5-3-4-6-16(15)22)18(29)27(20(30)25-21)12-17(28)26(2)11-13-7-9-14(10-8-13)31-19(23)24/h3-10,19H,11-12H2,1-2H3,(H,25,30)/t21-/m1/s1. The second-order valence-electron chi connectivity index (χ2n) is 7.20. The fourth-order valence-electron chi connectivity index (χ4n) is 3.28. The van der Waals surface area contributed by atoms with Crippen molar-refractivity contribution in [3.8, 4) is 5.75 Å². The highest BCUT2D eigenvalue weighted by atomic mass is 79.9. The Labute approximate surface area is 186 Å². The molecule has 1 heterocycles. The summed E-state index contributed by atoms with van der Waals surface area (Å²) in [5.74, 6) is -0.967. The minimum absolute atomic E-state index is 0.0124. The molecule has 2 aromatic rings. The first-order valence-corrected chi connectivity index (χ1v) is 10.1. The van der Waals surface area contributed by atoms with Crippen LogP contribution >= 0.6 is 15.9 Å². The predicted molar refractivity (Wildman–Crippen MR) is 111 cm³/mol. The Bertz CT molecular complexity index is 1000. The van der Waals surface area contributed by atoms with Gasteiger partial charge in [-0.1, -0.05) is 46.3 Å². The van der Waals surface area contributed by atoms with Crippen LogP contribution in [0.4, 0.5) is 13.6 Å². The third kappa shape index (κ3) is 4.84. The number of nitrogens with one attached hydrogen (secondary N) is 1. The molecule has 31 heavy (non-hydrogen) atoms. The van der Waals surface area contributed by atoms with Gasteiger partial charge in [0.25, 0.3) is 5.91 Å². The van der Waals surface area contributed by atoms with E-state index in [-0.39, 0.29) is 12.3 Å². The molecule has 1 fully saturated rings. The molecule has 1 saturated heterocycles. The highest BCUT2D eigenvalue weighted by Gasteiger charge is 2.50. The molecule has 1 N–H and O–H groups in total. The van der Waals surface area contributed by atoms with Gasteiger partial charge in [0, 0.05) is 23.6 Å². The first kappa shape index (κ1) is 22.7. The summed E-state index contributed by atoms with van der Waals surface area (Å²) < 4.78 is 29.4. The van der Waals surface area contributed by atoms with Gasteiger partial charge in [-0.15, -0.1) is 0 Å². The summed E-state index contributed by atoms with van der Waals surface area (Å²) in [6.45, 7) is -1.58. The van der Waals surface area contributed by atoms with E-state index in [0.29, 0.717) is 15.6 Å². The maximum Gasteiger partial charge on any atom is 0.387 e. The minimum atomic E-state index is -2.92. The van der Waals surface area contributed by atoms with Gasteiger partial charge in [-0.3, -0.25) is 14.5 Å². The van der Waals surface area contributed by atoms with E-state index in [1.54, 1.807) is 43.3 Å². The van der Waals surface area contributed by atoms with Crippen molar-refractivity contribution in [1.82, 2.24) is 15.1 Å². The van der Waals surface area contributed by atoms with Crippen LogP contribution in [-0.2, 0) is 21.7 Å². The average Bonchev–Trinajstić information content (AvgIpc) is 2.93. The molecule has 0 aromatic heterocycles. The Morgan fingerprint density at radius 2 is 1.84 bits per heavy atom. The Kier molecular flexibility index (Phi) is 6.59. The van der Waals surface area contributed by atoms with Gasteiger partial charge in [0.15, 0.2) is 0 Å². The number of benzene rings is 2. The zero-order valence-corrected chi connectivity index (χ0v) is 18.4. The van der Waals surface area contributed by atoms with Gasteiger partial charge in [0.1, 0.15) is 17.8 Å². The molecule has 0 saturated carbocycles. The Morgan fingerprint density at radius 3 is 2.45 bits per heavy atom. The third-order valence-electron chi connectivity index (χ3n) is 4.97. The van der Waals surface area contributed by atoms with Crippen LogP contribution in [0, 0.1) is 0 Å². The van der Waals surface area contributed by atoms with E-state index in [4.69, 9.17) is 0 Å². The first-order chi connectivity index (χ1) is 14.6. The van der Waals surface area contributed by atoms with Crippen molar-refractivity contribution in [3.05, 3.63) is 64.1 Å². The number of likely N-dealkylation sites (N-methyl/N-ethyl adjacent to an activating group) is 1. The first-order valence-electron chi connectivity index (χ1n) is 9.28. The number of imide groups is 1. The van der Waals surface area contributed by atoms with Crippen molar-refractivity contribution in [3.63, 3.8) is 0 Å². The van der Waals surface area contributed by atoms with Gasteiger partial charge in [-0.25, -0.2) is 4.79 Å². The molecule has 4 amide bonds. The summed E-state index contributed by atoms with van der Waals surface area (Å²) in [5, 5.41) is 2.66. The number of halogens is 3. The zero-order chi connectivity index (χ0) is 22.8. The van der Waals surface area contributed by atoms with Crippen LogP contribution in [0.2, 0.25) is 0 Å². The maximum absolute atomic E-state index is 13.0. The number of urea groups is 1. The fourth-order valence-corrected chi connectivity index (χ4v) is 3.97. The number of carbonyl (C=O) groups is 3. The lowest BCUT2D eigenvalue weighted by Crippen LogP contribution is -2.43. The molecule has 164 valence electrons. The lowest BCUT2D eigenvalue weighted by atomic mass is 9.92. The second-order valence-corrected chi connectivity index (χ2v) is 8.05. The molecule has 1 aliphatic rings. The van der Waals surface area contributed by atoms with Crippen LogP contribution in [0.15, 0.2) is 53.0 Å². The molecule has 7 nitrogen and oxygen atoms in total. The SMILES string of the molecule is CN(Cc1ccc(OC(F)F)cc1)C(=O)CN1C(=O)N[C@](C)(c2ccccc2Br)C1=O. The molecule has 3 rings (SSSR count). The van der Waals surface area contributed by atoms with Crippen molar-refractivity contribution in [1.29, 1.82) is 0 Å². The number of nitrogens with zero attached hydrogens (tertiary/aromatic N) is 2. The van der Waals surface area contributed by atoms with Gasteiger partial charge < -0.3 is 15.0 Å². The molecule has 1 atom stereocenters. The van der Waals surface area contributed by atoms with Gasteiger partial charge in [-0.2, -0.15) is 8.78 Å². The van der Waals surface area contributed by atoms with Crippen LogP contribution < -0.4 is 10.1 Å². The van der Waals surface area contributed by atoms with Gasteiger partial charge in [-0.05, 0) is 30.7 Å². The molecule has 10 heteroatoms.